The number of carbonyl (C=O) groups is 1. The number of aryl methyl sites for hydroxylation is 2. The van der Waals surface area contributed by atoms with Crippen molar-refractivity contribution in [2.45, 2.75) is 26.4 Å². The van der Waals surface area contributed by atoms with Crippen LogP contribution in [0, 0.1) is 6.92 Å². The Kier molecular flexibility index (Phi) is 4.44. The van der Waals surface area contributed by atoms with Crippen LogP contribution in [0.3, 0.4) is 0 Å². The third-order valence-corrected chi connectivity index (χ3v) is 2.65. The Labute approximate surface area is 114 Å². The topological polar surface area (TPSA) is 64.7 Å². The number of rotatable bonds is 6. The predicted octanol–water partition coefficient (Wildman–Crippen LogP) is 1.60. The summed E-state index contributed by atoms with van der Waals surface area (Å²) in [5.74, 6) is -0.457. The molecule has 20 heavy (non-hydrogen) atoms. The average molecular weight is 283 g/mol. The molecule has 0 bridgehead atoms. The van der Waals surface area contributed by atoms with Gasteiger partial charge >= 0.3 is 6.55 Å². The zero-order valence-corrected chi connectivity index (χ0v) is 11.0. The standard InChI is InChI=1S/C12H15F2N5O/c1-9-7-16-18(8-9)5-2-4-15-11(20)10-3-6-19(17-10)12(13)14/h3,6-8,12H,2,4-5H2,1H3,(H,15,20). The Morgan fingerprint density at radius 1 is 1.50 bits per heavy atom. The first-order valence-corrected chi connectivity index (χ1v) is 6.17. The lowest BCUT2D eigenvalue weighted by molar-refractivity contribution is 0.0560. The third kappa shape index (κ3) is 3.62. The van der Waals surface area contributed by atoms with Crippen LogP contribution in [-0.2, 0) is 6.54 Å². The highest BCUT2D eigenvalue weighted by Gasteiger charge is 2.12. The highest BCUT2D eigenvalue weighted by molar-refractivity contribution is 5.92. The summed E-state index contributed by atoms with van der Waals surface area (Å²) in [5, 5.41) is 10.2. The maximum Gasteiger partial charge on any atom is 0.333 e. The van der Waals surface area contributed by atoms with Crippen molar-refractivity contribution in [2.75, 3.05) is 6.54 Å². The summed E-state index contributed by atoms with van der Waals surface area (Å²) < 4.78 is 26.8. The summed E-state index contributed by atoms with van der Waals surface area (Å²) in [4.78, 5) is 11.6. The fourth-order valence-corrected chi connectivity index (χ4v) is 1.69. The zero-order valence-electron chi connectivity index (χ0n) is 11.0. The van der Waals surface area contributed by atoms with E-state index in [1.54, 1.807) is 10.9 Å². The molecule has 0 radical (unpaired) electrons. The van der Waals surface area contributed by atoms with Gasteiger partial charge in [0.25, 0.3) is 5.91 Å². The van der Waals surface area contributed by atoms with Crippen molar-refractivity contribution in [3.05, 3.63) is 35.9 Å². The van der Waals surface area contributed by atoms with E-state index in [9.17, 15) is 13.6 Å². The van der Waals surface area contributed by atoms with E-state index in [4.69, 9.17) is 0 Å². The molecule has 2 rings (SSSR count). The number of hydrogen-bond donors (Lipinski definition) is 1. The van der Waals surface area contributed by atoms with Crippen LogP contribution in [0.2, 0.25) is 0 Å². The first-order valence-electron chi connectivity index (χ1n) is 6.17. The molecule has 0 aliphatic carbocycles. The molecule has 8 heteroatoms. The van der Waals surface area contributed by atoms with Crippen LogP contribution >= 0.6 is 0 Å². The van der Waals surface area contributed by atoms with Gasteiger partial charge in [-0.05, 0) is 25.0 Å². The lowest BCUT2D eigenvalue weighted by Crippen LogP contribution is -2.26. The van der Waals surface area contributed by atoms with Crippen LogP contribution in [0.1, 0.15) is 29.0 Å². The molecule has 0 spiro atoms. The molecule has 0 aliphatic heterocycles. The van der Waals surface area contributed by atoms with Crippen LogP contribution in [0.4, 0.5) is 8.78 Å². The van der Waals surface area contributed by atoms with Gasteiger partial charge in [-0.15, -0.1) is 0 Å². The number of nitrogens with zero attached hydrogens (tertiary/aromatic N) is 4. The summed E-state index contributed by atoms with van der Waals surface area (Å²) in [6.45, 7) is 0.323. The number of carbonyl (C=O) groups excluding carboxylic acids is 1. The van der Waals surface area contributed by atoms with Crippen molar-refractivity contribution in [1.82, 2.24) is 24.9 Å². The lowest BCUT2D eigenvalue weighted by atomic mass is 10.3. The molecule has 0 atom stereocenters. The predicted molar refractivity (Wildman–Crippen MR) is 67.4 cm³/mol. The lowest BCUT2D eigenvalue weighted by Gasteiger charge is -2.03. The summed E-state index contributed by atoms with van der Waals surface area (Å²) in [7, 11) is 0. The fraction of sp³-hybridized carbons (Fsp3) is 0.417. The van der Waals surface area contributed by atoms with E-state index in [1.807, 2.05) is 13.1 Å². The summed E-state index contributed by atoms with van der Waals surface area (Å²) in [6.07, 6.45) is 5.44. The number of aromatic nitrogens is 4. The van der Waals surface area contributed by atoms with E-state index in [-0.39, 0.29) is 5.69 Å². The highest BCUT2D eigenvalue weighted by Crippen LogP contribution is 2.08. The SMILES string of the molecule is Cc1cnn(CCCNC(=O)c2ccn(C(F)F)n2)c1. The van der Waals surface area contributed by atoms with Crippen LogP contribution in [0.25, 0.3) is 0 Å². The Morgan fingerprint density at radius 2 is 2.30 bits per heavy atom. The molecule has 0 saturated heterocycles. The Balaban J connectivity index is 1.74. The monoisotopic (exact) mass is 283 g/mol. The molecule has 6 nitrogen and oxygen atoms in total. The van der Waals surface area contributed by atoms with E-state index >= 15 is 0 Å². The van der Waals surface area contributed by atoms with Gasteiger partial charge in [-0.1, -0.05) is 0 Å². The Hall–Kier alpha value is -2.25. The summed E-state index contributed by atoms with van der Waals surface area (Å²) in [6, 6.07) is 1.26. The summed E-state index contributed by atoms with van der Waals surface area (Å²) >= 11 is 0. The van der Waals surface area contributed by atoms with Crippen molar-refractivity contribution < 1.29 is 13.6 Å². The highest BCUT2D eigenvalue weighted by atomic mass is 19.3. The number of hydrogen-bond acceptors (Lipinski definition) is 3. The number of halogens is 2. The van der Waals surface area contributed by atoms with Crippen LogP contribution in [0.5, 0.6) is 0 Å². The molecule has 0 fully saturated rings. The molecule has 108 valence electrons. The largest absolute Gasteiger partial charge is 0.351 e. The van der Waals surface area contributed by atoms with Crippen LogP contribution in [-0.4, -0.2) is 32.0 Å². The Morgan fingerprint density at radius 3 is 2.90 bits per heavy atom. The van der Waals surface area contributed by atoms with E-state index in [2.05, 4.69) is 15.5 Å². The molecule has 1 N–H and O–H groups in total. The van der Waals surface area contributed by atoms with Gasteiger partial charge in [-0.3, -0.25) is 9.48 Å². The van der Waals surface area contributed by atoms with Crippen molar-refractivity contribution >= 4 is 5.91 Å². The minimum absolute atomic E-state index is 0.0137. The van der Waals surface area contributed by atoms with Gasteiger partial charge in [0.1, 0.15) is 5.69 Å². The second-order valence-electron chi connectivity index (χ2n) is 4.35. The van der Waals surface area contributed by atoms with E-state index < -0.39 is 12.5 Å². The number of nitrogens with one attached hydrogen (secondary N) is 1. The van der Waals surface area contributed by atoms with Crippen LogP contribution in [0.15, 0.2) is 24.7 Å². The molecule has 0 aromatic carbocycles. The number of alkyl halides is 2. The molecular weight excluding hydrogens is 268 g/mol. The number of amides is 1. The van der Waals surface area contributed by atoms with Gasteiger partial charge in [0.05, 0.1) is 6.20 Å². The second kappa shape index (κ2) is 6.27. The molecule has 1 amide bonds. The molecule has 0 unspecified atom stereocenters. The van der Waals surface area contributed by atoms with Gasteiger partial charge in [-0.25, -0.2) is 4.68 Å². The van der Waals surface area contributed by atoms with Gasteiger partial charge in [0, 0.05) is 25.5 Å². The van der Waals surface area contributed by atoms with Gasteiger partial charge in [-0.2, -0.15) is 19.0 Å². The minimum atomic E-state index is -2.74. The molecule has 0 saturated carbocycles. The normalized spacial score (nSPS) is 11.0. The molecular formula is C12H15F2N5O. The molecule has 2 heterocycles. The molecule has 2 aromatic heterocycles. The van der Waals surface area contributed by atoms with Crippen molar-refractivity contribution in [2.24, 2.45) is 0 Å². The fourth-order valence-electron chi connectivity index (χ4n) is 1.69. The van der Waals surface area contributed by atoms with Crippen molar-refractivity contribution in [3.63, 3.8) is 0 Å². The quantitative estimate of drug-likeness (QED) is 0.819. The van der Waals surface area contributed by atoms with Gasteiger partial charge in [0.15, 0.2) is 0 Å². The second-order valence-corrected chi connectivity index (χ2v) is 4.35. The maximum absolute atomic E-state index is 12.3. The Bertz CT molecular complexity index is 578. The van der Waals surface area contributed by atoms with E-state index in [0.29, 0.717) is 24.2 Å². The average Bonchev–Trinajstić information content (AvgIpc) is 3.03. The summed E-state index contributed by atoms with van der Waals surface area (Å²) in [5.41, 5.74) is 1.06. The molecule has 0 aliphatic rings. The zero-order chi connectivity index (χ0) is 14.5. The van der Waals surface area contributed by atoms with Gasteiger partial charge < -0.3 is 5.32 Å². The van der Waals surface area contributed by atoms with E-state index in [1.165, 1.54) is 6.07 Å². The van der Waals surface area contributed by atoms with Crippen molar-refractivity contribution in [3.8, 4) is 0 Å². The third-order valence-electron chi connectivity index (χ3n) is 2.65. The first kappa shape index (κ1) is 14.2. The van der Waals surface area contributed by atoms with Gasteiger partial charge in [0.2, 0.25) is 0 Å². The first-order chi connectivity index (χ1) is 9.56. The van der Waals surface area contributed by atoms with Crippen molar-refractivity contribution in [1.29, 1.82) is 0 Å². The smallest absolute Gasteiger partial charge is 0.333 e. The minimum Gasteiger partial charge on any atom is -0.351 e. The molecule has 2 aromatic rings. The maximum atomic E-state index is 12.3. The van der Waals surface area contributed by atoms with Crippen LogP contribution < -0.4 is 5.32 Å². The van der Waals surface area contributed by atoms with E-state index in [0.717, 1.165) is 11.8 Å².